The van der Waals surface area contributed by atoms with Crippen LogP contribution in [0.4, 0.5) is 30.8 Å². The molecule has 11 heteroatoms. The molecule has 2 unspecified atom stereocenters. The largest absolute Gasteiger partial charge is 0.435 e. The van der Waals surface area contributed by atoms with Crippen molar-refractivity contribution in [3.05, 3.63) is 48.5 Å². The predicted octanol–water partition coefficient (Wildman–Crippen LogP) is 4.03. The van der Waals surface area contributed by atoms with Crippen LogP contribution in [0, 0.1) is 5.82 Å². The van der Waals surface area contributed by atoms with Crippen molar-refractivity contribution in [3.8, 4) is 16.9 Å². The van der Waals surface area contributed by atoms with E-state index in [0.29, 0.717) is 30.2 Å². The third-order valence-electron chi connectivity index (χ3n) is 4.75. The highest BCUT2D eigenvalue weighted by atomic mass is 19.3. The second-order valence-electron chi connectivity index (χ2n) is 7.39. The molecular weight excluding hydrogens is 425 g/mol. The molecule has 1 aromatic carbocycles. The lowest BCUT2D eigenvalue weighted by atomic mass is 10.1. The first-order chi connectivity index (χ1) is 15.4. The molecule has 1 N–H and O–H groups in total. The van der Waals surface area contributed by atoms with Gasteiger partial charge in [-0.05, 0) is 37.6 Å². The zero-order valence-electron chi connectivity index (χ0n) is 17.4. The van der Waals surface area contributed by atoms with Gasteiger partial charge in [0.05, 0.1) is 24.6 Å². The standard InChI is InChI=1S/C21H21F3N6O2/c1-12-10-30(11-13(2)31-12)21-25-9-17(22)19(28-21)27-18-7-15(8-26-29-18)14-3-5-16(6-4-14)32-20(23)24/h3-9,12-13,20H,10-11H2,1-2H3,(H,25,27,28,29). The first kappa shape index (κ1) is 21.8. The Morgan fingerprint density at radius 3 is 2.50 bits per heavy atom. The third-order valence-corrected chi connectivity index (χ3v) is 4.75. The minimum absolute atomic E-state index is 0.00356. The number of nitrogens with zero attached hydrogens (tertiary/aromatic N) is 5. The van der Waals surface area contributed by atoms with Gasteiger partial charge >= 0.3 is 6.61 Å². The molecule has 1 saturated heterocycles. The van der Waals surface area contributed by atoms with Crippen LogP contribution in [0.5, 0.6) is 5.75 Å². The average molecular weight is 446 g/mol. The van der Waals surface area contributed by atoms with Gasteiger partial charge in [-0.15, -0.1) is 5.10 Å². The fourth-order valence-corrected chi connectivity index (χ4v) is 3.47. The smallest absolute Gasteiger partial charge is 0.387 e. The molecule has 2 atom stereocenters. The fraction of sp³-hybridized carbons (Fsp3) is 0.333. The Hall–Kier alpha value is -3.47. The van der Waals surface area contributed by atoms with E-state index in [1.165, 1.54) is 18.3 Å². The summed E-state index contributed by atoms with van der Waals surface area (Å²) >= 11 is 0. The summed E-state index contributed by atoms with van der Waals surface area (Å²) in [6.07, 6.45) is 2.62. The van der Waals surface area contributed by atoms with E-state index in [9.17, 15) is 13.2 Å². The second kappa shape index (κ2) is 9.35. The van der Waals surface area contributed by atoms with Crippen LogP contribution in [0.2, 0.25) is 0 Å². The molecule has 8 nitrogen and oxygen atoms in total. The van der Waals surface area contributed by atoms with Gasteiger partial charge in [-0.3, -0.25) is 0 Å². The molecule has 0 aliphatic carbocycles. The lowest BCUT2D eigenvalue weighted by Crippen LogP contribution is -2.46. The number of hydrogen-bond donors (Lipinski definition) is 1. The highest BCUT2D eigenvalue weighted by Crippen LogP contribution is 2.26. The lowest BCUT2D eigenvalue weighted by molar-refractivity contribution is -0.0498. The van der Waals surface area contributed by atoms with Crippen LogP contribution in [0.25, 0.3) is 11.1 Å². The van der Waals surface area contributed by atoms with Crippen LogP contribution in [-0.4, -0.2) is 52.1 Å². The number of rotatable bonds is 6. The van der Waals surface area contributed by atoms with Crippen molar-refractivity contribution in [1.82, 2.24) is 20.2 Å². The van der Waals surface area contributed by atoms with Crippen LogP contribution >= 0.6 is 0 Å². The molecule has 1 aliphatic heterocycles. The summed E-state index contributed by atoms with van der Waals surface area (Å²) in [4.78, 5) is 10.4. The van der Waals surface area contributed by atoms with E-state index in [4.69, 9.17) is 4.74 Å². The van der Waals surface area contributed by atoms with E-state index in [2.05, 4.69) is 30.2 Å². The molecule has 4 rings (SSSR count). The van der Waals surface area contributed by atoms with Crippen LogP contribution in [-0.2, 0) is 4.74 Å². The third kappa shape index (κ3) is 5.22. The molecular formula is C21H21F3N6O2. The van der Waals surface area contributed by atoms with Crippen molar-refractivity contribution in [3.63, 3.8) is 0 Å². The number of anilines is 3. The first-order valence-corrected chi connectivity index (χ1v) is 9.95. The van der Waals surface area contributed by atoms with Gasteiger partial charge in [0, 0.05) is 18.7 Å². The highest BCUT2D eigenvalue weighted by molar-refractivity contribution is 5.67. The molecule has 1 aliphatic rings. The van der Waals surface area contributed by atoms with Crippen molar-refractivity contribution in [1.29, 1.82) is 0 Å². The zero-order chi connectivity index (χ0) is 22.7. The van der Waals surface area contributed by atoms with Crippen molar-refractivity contribution < 1.29 is 22.6 Å². The van der Waals surface area contributed by atoms with Gasteiger partial charge < -0.3 is 19.7 Å². The monoisotopic (exact) mass is 446 g/mol. The van der Waals surface area contributed by atoms with Gasteiger partial charge in [-0.25, -0.2) is 9.37 Å². The summed E-state index contributed by atoms with van der Waals surface area (Å²) in [5.74, 6) is 0.0292. The molecule has 2 aromatic heterocycles. The Labute approximate surface area is 182 Å². The summed E-state index contributed by atoms with van der Waals surface area (Å²) in [6, 6.07) is 7.73. The minimum Gasteiger partial charge on any atom is -0.435 e. The van der Waals surface area contributed by atoms with Gasteiger partial charge in [0.15, 0.2) is 17.5 Å². The maximum atomic E-state index is 14.4. The highest BCUT2D eigenvalue weighted by Gasteiger charge is 2.25. The Bertz CT molecular complexity index is 1060. The first-order valence-electron chi connectivity index (χ1n) is 9.95. The molecule has 0 saturated carbocycles. The Morgan fingerprint density at radius 2 is 1.81 bits per heavy atom. The maximum absolute atomic E-state index is 14.4. The van der Waals surface area contributed by atoms with Crippen molar-refractivity contribution in [2.75, 3.05) is 23.3 Å². The van der Waals surface area contributed by atoms with E-state index in [1.54, 1.807) is 18.2 Å². The van der Waals surface area contributed by atoms with E-state index < -0.39 is 12.4 Å². The van der Waals surface area contributed by atoms with E-state index in [0.717, 1.165) is 6.20 Å². The van der Waals surface area contributed by atoms with Crippen molar-refractivity contribution in [2.24, 2.45) is 0 Å². The van der Waals surface area contributed by atoms with Gasteiger partial charge in [0.1, 0.15) is 5.75 Å². The molecule has 3 heterocycles. The SMILES string of the molecule is CC1CN(c2ncc(F)c(Nc3cc(-c4ccc(OC(F)F)cc4)cnn3)n2)CC(C)O1. The average Bonchev–Trinajstić information content (AvgIpc) is 2.75. The van der Waals surface area contributed by atoms with E-state index in [1.807, 2.05) is 18.7 Å². The van der Waals surface area contributed by atoms with Gasteiger partial charge in [0.25, 0.3) is 0 Å². The number of halogens is 3. The van der Waals surface area contributed by atoms with E-state index >= 15 is 0 Å². The number of morpholine rings is 1. The molecule has 168 valence electrons. The summed E-state index contributed by atoms with van der Waals surface area (Å²) in [7, 11) is 0. The summed E-state index contributed by atoms with van der Waals surface area (Å²) in [6.45, 7) is 2.21. The molecule has 0 amide bonds. The minimum atomic E-state index is -2.89. The Balaban J connectivity index is 1.53. The number of benzene rings is 1. The molecule has 32 heavy (non-hydrogen) atoms. The molecule has 3 aromatic rings. The normalized spacial score (nSPS) is 18.6. The molecule has 0 spiro atoms. The summed E-state index contributed by atoms with van der Waals surface area (Å²) in [5, 5.41) is 10.8. The van der Waals surface area contributed by atoms with E-state index in [-0.39, 0.29) is 29.6 Å². The summed E-state index contributed by atoms with van der Waals surface area (Å²) in [5.41, 5.74) is 1.35. The maximum Gasteiger partial charge on any atom is 0.387 e. The second-order valence-corrected chi connectivity index (χ2v) is 7.39. The summed E-state index contributed by atoms with van der Waals surface area (Å²) < 4.78 is 49.1. The van der Waals surface area contributed by atoms with Gasteiger partial charge in [0.2, 0.25) is 5.95 Å². The quantitative estimate of drug-likeness (QED) is 0.608. The van der Waals surface area contributed by atoms with Gasteiger partial charge in [-0.1, -0.05) is 12.1 Å². The van der Waals surface area contributed by atoms with Crippen LogP contribution < -0.4 is 15.0 Å². The number of nitrogens with one attached hydrogen (secondary N) is 1. The fourth-order valence-electron chi connectivity index (χ4n) is 3.47. The van der Waals surface area contributed by atoms with Crippen molar-refractivity contribution >= 4 is 17.6 Å². The lowest BCUT2D eigenvalue weighted by Gasteiger charge is -2.35. The van der Waals surface area contributed by atoms with Gasteiger partial charge in [-0.2, -0.15) is 18.9 Å². The van der Waals surface area contributed by atoms with Crippen LogP contribution in [0.3, 0.4) is 0 Å². The molecule has 0 radical (unpaired) electrons. The molecule has 1 fully saturated rings. The van der Waals surface area contributed by atoms with Crippen LogP contribution in [0.1, 0.15) is 13.8 Å². The molecule has 0 bridgehead atoms. The number of hydrogen-bond acceptors (Lipinski definition) is 8. The Morgan fingerprint density at radius 1 is 1.09 bits per heavy atom. The topological polar surface area (TPSA) is 85.3 Å². The zero-order valence-corrected chi connectivity index (χ0v) is 17.4. The van der Waals surface area contributed by atoms with Crippen molar-refractivity contribution in [2.45, 2.75) is 32.7 Å². The Kier molecular flexibility index (Phi) is 6.35. The predicted molar refractivity (Wildman–Crippen MR) is 112 cm³/mol. The number of alkyl halides is 2. The number of aromatic nitrogens is 4. The van der Waals surface area contributed by atoms with Crippen LogP contribution in [0.15, 0.2) is 42.7 Å². The number of ether oxygens (including phenoxy) is 2.